The lowest BCUT2D eigenvalue weighted by atomic mass is 9.94. The van der Waals surface area contributed by atoms with Crippen LogP contribution in [0.1, 0.15) is 19.8 Å². The summed E-state index contributed by atoms with van der Waals surface area (Å²) in [6.07, 6.45) is 2.98. The van der Waals surface area contributed by atoms with Crippen molar-refractivity contribution in [2.75, 3.05) is 26.5 Å². The first-order valence-corrected chi connectivity index (χ1v) is 11.1. The average molecular weight is 413 g/mol. The van der Waals surface area contributed by atoms with Gasteiger partial charge in [0.2, 0.25) is 10.0 Å². The third-order valence-corrected chi connectivity index (χ3v) is 6.93. The summed E-state index contributed by atoms with van der Waals surface area (Å²) in [6.45, 7) is 3.52. The number of hydrogen-bond donors (Lipinski definition) is 2. The van der Waals surface area contributed by atoms with E-state index in [1.54, 1.807) is 0 Å². The topological polar surface area (TPSA) is 102 Å². The highest BCUT2D eigenvalue weighted by Crippen LogP contribution is 2.27. The predicted molar refractivity (Wildman–Crippen MR) is 98.7 cm³/mol. The fourth-order valence-corrected chi connectivity index (χ4v) is 5.04. The molecule has 2 rings (SSSR count). The van der Waals surface area contributed by atoms with Gasteiger partial charge in [-0.2, -0.15) is 0 Å². The van der Waals surface area contributed by atoms with Crippen LogP contribution in [0.3, 0.4) is 0 Å². The maximum atomic E-state index is 12.7. The van der Waals surface area contributed by atoms with Crippen molar-refractivity contribution < 1.29 is 21.6 Å². The molecular formula is C15H25ClN2O5S2. The van der Waals surface area contributed by atoms with E-state index in [0.29, 0.717) is 0 Å². The molecule has 1 aliphatic rings. The average Bonchev–Trinajstić information content (AvgIpc) is 2.53. The van der Waals surface area contributed by atoms with Gasteiger partial charge in [-0.1, -0.05) is 0 Å². The fourth-order valence-electron chi connectivity index (χ4n) is 2.81. The fraction of sp³-hybridized carbons (Fsp3) is 0.600. The van der Waals surface area contributed by atoms with Gasteiger partial charge >= 0.3 is 0 Å². The van der Waals surface area contributed by atoms with Crippen molar-refractivity contribution in [3.05, 3.63) is 18.2 Å². The number of rotatable bonds is 6. The van der Waals surface area contributed by atoms with Gasteiger partial charge in [0, 0.05) is 12.3 Å². The third kappa shape index (κ3) is 5.55. The molecule has 0 aromatic heterocycles. The van der Waals surface area contributed by atoms with Crippen molar-refractivity contribution in [2.45, 2.75) is 35.6 Å². The molecule has 0 radical (unpaired) electrons. The van der Waals surface area contributed by atoms with Crippen LogP contribution in [0, 0.1) is 5.92 Å². The van der Waals surface area contributed by atoms with Gasteiger partial charge in [0.05, 0.1) is 12.0 Å². The molecule has 0 spiro atoms. The van der Waals surface area contributed by atoms with Crippen molar-refractivity contribution >= 4 is 32.3 Å². The van der Waals surface area contributed by atoms with Gasteiger partial charge in [-0.15, -0.1) is 12.4 Å². The summed E-state index contributed by atoms with van der Waals surface area (Å²) in [5, 5.41) is 3.25. The molecule has 0 aliphatic carbocycles. The summed E-state index contributed by atoms with van der Waals surface area (Å²) in [7, 11) is -6.07. The summed E-state index contributed by atoms with van der Waals surface area (Å²) in [5.41, 5.74) is 0. The molecule has 0 amide bonds. The monoisotopic (exact) mass is 412 g/mol. The standard InChI is InChI=1S/C15H24N2O5S2.ClH/c1-11(12-5-4-8-16-10-12)17-24(20,21)15-9-13(23(3,18)19)6-7-14(15)22-2;/h6-7,9,11-12,16-17H,4-5,8,10H2,1-3H3;1H. The molecule has 25 heavy (non-hydrogen) atoms. The van der Waals surface area contributed by atoms with E-state index in [0.717, 1.165) is 38.3 Å². The highest BCUT2D eigenvalue weighted by atomic mass is 35.5. The molecule has 2 N–H and O–H groups in total. The zero-order valence-corrected chi connectivity index (χ0v) is 16.9. The van der Waals surface area contributed by atoms with Crippen LogP contribution >= 0.6 is 12.4 Å². The van der Waals surface area contributed by atoms with Crippen LogP contribution in [0.25, 0.3) is 0 Å². The molecule has 0 saturated carbocycles. The lowest BCUT2D eigenvalue weighted by Crippen LogP contribution is -2.44. The predicted octanol–water partition coefficient (Wildman–Crippen LogP) is 1.19. The van der Waals surface area contributed by atoms with Gasteiger partial charge in [0.1, 0.15) is 10.6 Å². The normalized spacial score (nSPS) is 19.7. The Morgan fingerprint density at radius 3 is 2.48 bits per heavy atom. The van der Waals surface area contributed by atoms with Crippen molar-refractivity contribution in [2.24, 2.45) is 5.92 Å². The van der Waals surface area contributed by atoms with E-state index in [1.807, 2.05) is 6.92 Å². The molecule has 1 aromatic carbocycles. The number of nitrogens with one attached hydrogen (secondary N) is 2. The van der Waals surface area contributed by atoms with Crippen LogP contribution in [0.4, 0.5) is 0 Å². The lowest BCUT2D eigenvalue weighted by Gasteiger charge is -2.29. The Labute approximate surface area is 155 Å². The van der Waals surface area contributed by atoms with E-state index in [2.05, 4.69) is 10.0 Å². The summed E-state index contributed by atoms with van der Waals surface area (Å²) in [4.78, 5) is -0.223. The lowest BCUT2D eigenvalue weighted by molar-refractivity contribution is 0.320. The van der Waals surface area contributed by atoms with Crippen LogP contribution in [-0.2, 0) is 19.9 Å². The molecule has 144 valence electrons. The second-order valence-corrected chi connectivity index (χ2v) is 9.80. The molecule has 0 bridgehead atoms. The van der Waals surface area contributed by atoms with Crippen molar-refractivity contribution in [1.82, 2.24) is 10.0 Å². The van der Waals surface area contributed by atoms with Crippen LogP contribution in [0.2, 0.25) is 0 Å². The van der Waals surface area contributed by atoms with Gasteiger partial charge in [0.25, 0.3) is 0 Å². The van der Waals surface area contributed by atoms with Crippen LogP contribution in [-0.4, -0.2) is 49.3 Å². The van der Waals surface area contributed by atoms with Crippen LogP contribution in [0.5, 0.6) is 5.75 Å². The van der Waals surface area contributed by atoms with Gasteiger partial charge in [-0.25, -0.2) is 21.6 Å². The molecule has 10 heteroatoms. The molecule has 1 heterocycles. The third-order valence-electron chi connectivity index (χ3n) is 4.24. The van der Waals surface area contributed by atoms with Crippen LogP contribution in [0.15, 0.2) is 28.0 Å². The zero-order chi connectivity index (χ0) is 18.0. The van der Waals surface area contributed by atoms with E-state index >= 15 is 0 Å². The SMILES string of the molecule is COc1ccc(S(C)(=O)=O)cc1S(=O)(=O)NC(C)C1CCCNC1.Cl. The molecule has 7 nitrogen and oxygen atoms in total. The van der Waals surface area contributed by atoms with Crippen molar-refractivity contribution in [1.29, 1.82) is 0 Å². The van der Waals surface area contributed by atoms with E-state index < -0.39 is 19.9 Å². The minimum absolute atomic E-state index is 0. The van der Waals surface area contributed by atoms with E-state index in [1.165, 1.54) is 19.2 Å². The zero-order valence-electron chi connectivity index (χ0n) is 14.5. The number of ether oxygens (including phenoxy) is 1. The van der Waals surface area contributed by atoms with Gasteiger partial charge in [0.15, 0.2) is 9.84 Å². The van der Waals surface area contributed by atoms with Gasteiger partial charge in [-0.3, -0.25) is 0 Å². The number of methoxy groups -OCH3 is 1. The first-order valence-electron chi connectivity index (χ1n) is 7.76. The van der Waals surface area contributed by atoms with Gasteiger partial charge < -0.3 is 10.1 Å². The molecule has 1 aliphatic heterocycles. The van der Waals surface area contributed by atoms with E-state index in [9.17, 15) is 16.8 Å². The Kier molecular flexibility index (Phi) is 7.70. The number of sulfonamides is 1. The Bertz CT molecular complexity index is 790. The summed E-state index contributed by atoms with van der Waals surface area (Å²) < 4.78 is 56.7. The summed E-state index contributed by atoms with van der Waals surface area (Å²) in [5.74, 6) is 0.307. The van der Waals surface area contributed by atoms with Crippen LogP contribution < -0.4 is 14.8 Å². The summed E-state index contributed by atoms with van der Waals surface area (Å²) >= 11 is 0. The Morgan fingerprint density at radius 2 is 1.96 bits per heavy atom. The quantitative estimate of drug-likeness (QED) is 0.727. The smallest absolute Gasteiger partial charge is 0.244 e. The molecule has 2 atom stereocenters. The Balaban J connectivity index is 0.00000312. The Hall–Kier alpha value is -0.870. The first kappa shape index (κ1) is 22.2. The van der Waals surface area contributed by atoms with Gasteiger partial charge in [-0.05, 0) is 57.0 Å². The highest BCUT2D eigenvalue weighted by Gasteiger charge is 2.28. The second-order valence-electron chi connectivity index (χ2n) is 6.10. The number of hydrogen-bond acceptors (Lipinski definition) is 6. The maximum absolute atomic E-state index is 12.7. The molecular weight excluding hydrogens is 388 g/mol. The number of piperidine rings is 1. The number of sulfone groups is 1. The molecule has 1 fully saturated rings. The van der Waals surface area contributed by atoms with E-state index in [4.69, 9.17) is 4.74 Å². The Morgan fingerprint density at radius 1 is 1.28 bits per heavy atom. The number of halogens is 1. The molecule has 1 saturated heterocycles. The summed E-state index contributed by atoms with van der Waals surface area (Å²) in [6, 6.07) is 3.57. The maximum Gasteiger partial charge on any atom is 0.244 e. The molecule has 2 unspecified atom stereocenters. The largest absolute Gasteiger partial charge is 0.495 e. The minimum Gasteiger partial charge on any atom is -0.495 e. The minimum atomic E-state index is -3.90. The highest BCUT2D eigenvalue weighted by molar-refractivity contribution is 7.91. The first-order chi connectivity index (χ1) is 11.1. The van der Waals surface area contributed by atoms with E-state index in [-0.39, 0.29) is 39.9 Å². The second kappa shape index (κ2) is 8.68. The van der Waals surface area contributed by atoms with Crippen molar-refractivity contribution in [3.8, 4) is 5.75 Å². The number of benzene rings is 1. The molecule has 1 aromatic rings. The van der Waals surface area contributed by atoms with Crippen molar-refractivity contribution in [3.63, 3.8) is 0 Å².